The van der Waals surface area contributed by atoms with Gasteiger partial charge in [-0.05, 0) is 49.2 Å². The van der Waals surface area contributed by atoms with Crippen molar-refractivity contribution in [2.75, 3.05) is 43.5 Å². The van der Waals surface area contributed by atoms with Crippen LogP contribution in [0.4, 0.5) is 11.4 Å². The summed E-state index contributed by atoms with van der Waals surface area (Å²) in [5, 5.41) is 3.80. The molecule has 0 radical (unpaired) electrons. The second-order valence-corrected chi connectivity index (χ2v) is 13.0. The number of nitrogens with two attached hydrogens (primary N) is 1. The molecule has 1 saturated heterocycles. The molecule has 3 amide bonds. The van der Waals surface area contributed by atoms with Gasteiger partial charge in [0, 0.05) is 68.4 Å². The molecule has 250 valence electrons. The third-order valence-electron chi connectivity index (χ3n) is 7.93. The lowest BCUT2D eigenvalue weighted by molar-refractivity contribution is -0.129. The molecule has 4 aromatic rings. The smallest absolute Gasteiger partial charge is 0.243 e. The van der Waals surface area contributed by atoms with Crippen molar-refractivity contribution >= 4 is 50.0 Å². The monoisotopic (exact) mass is 662 g/mol. The zero-order valence-corrected chi connectivity index (χ0v) is 27.9. The normalized spacial score (nSPS) is 13.8. The highest BCUT2D eigenvalue weighted by molar-refractivity contribution is 7.89. The number of benzene rings is 3. The summed E-state index contributed by atoms with van der Waals surface area (Å²) in [5.74, 6) is -0.255. The highest BCUT2D eigenvalue weighted by atomic mass is 32.2. The first-order chi connectivity index (χ1) is 22.4. The molecule has 1 aliphatic heterocycles. The number of carbonyl (C=O) groups excluding carboxylic acids is 3. The molecule has 5 rings (SSSR count). The van der Waals surface area contributed by atoms with Crippen molar-refractivity contribution < 1.29 is 27.5 Å². The zero-order valence-electron chi connectivity index (χ0n) is 27.1. The number of anilines is 2. The Kier molecular flexibility index (Phi) is 11.6. The predicted octanol–water partition coefficient (Wildman–Crippen LogP) is 3.56. The van der Waals surface area contributed by atoms with Crippen LogP contribution in [0.25, 0.3) is 10.9 Å². The summed E-state index contributed by atoms with van der Waals surface area (Å²) < 4.78 is 35.0. The molecule has 0 unspecified atom stereocenters. The number of nitrogens with one attached hydrogen (secondary N) is 3. The number of sulfonamides is 1. The van der Waals surface area contributed by atoms with Crippen LogP contribution in [-0.4, -0.2) is 75.4 Å². The average molecular weight is 663 g/mol. The topological polar surface area (TPSA) is 167 Å². The Balaban J connectivity index is 0.000000930. The Morgan fingerprint density at radius 3 is 2.28 bits per heavy atom. The number of fused-ring (bicyclic) bond motifs is 1. The van der Waals surface area contributed by atoms with Gasteiger partial charge in [0.15, 0.2) is 0 Å². The van der Waals surface area contributed by atoms with E-state index < -0.39 is 22.0 Å². The van der Waals surface area contributed by atoms with Crippen LogP contribution in [0.3, 0.4) is 0 Å². The van der Waals surface area contributed by atoms with Crippen molar-refractivity contribution in [3.63, 3.8) is 0 Å². The number of aryl methyl sites for hydroxylation is 1. The number of aromatic amines is 1. The lowest BCUT2D eigenvalue weighted by Crippen LogP contribution is -2.48. The second-order valence-electron chi connectivity index (χ2n) is 11.2. The fourth-order valence-corrected chi connectivity index (χ4v) is 6.36. The van der Waals surface area contributed by atoms with Gasteiger partial charge >= 0.3 is 0 Å². The Hall–Kier alpha value is -4.88. The number of ether oxygens (including phenoxy) is 1. The van der Waals surface area contributed by atoms with Crippen LogP contribution in [0.2, 0.25) is 0 Å². The lowest BCUT2D eigenvalue weighted by Gasteiger charge is -2.35. The van der Waals surface area contributed by atoms with E-state index in [1.54, 1.807) is 38.2 Å². The van der Waals surface area contributed by atoms with Crippen molar-refractivity contribution in [3.8, 4) is 5.75 Å². The Labute approximate surface area is 275 Å². The molecule has 0 spiro atoms. The Bertz CT molecular complexity index is 1810. The number of para-hydroxylation sites is 1. The average Bonchev–Trinajstić information content (AvgIpc) is 3.47. The summed E-state index contributed by atoms with van der Waals surface area (Å²) in [6, 6.07) is 18.5. The highest BCUT2D eigenvalue weighted by Gasteiger charge is 2.28. The van der Waals surface area contributed by atoms with E-state index in [-0.39, 0.29) is 23.1 Å². The van der Waals surface area contributed by atoms with Gasteiger partial charge in [-0.2, -0.15) is 4.72 Å². The largest absolute Gasteiger partial charge is 0.494 e. The molecule has 12 nitrogen and oxygen atoms in total. The molecular formula is C34H42N6O6S. The number of hydrogen-bond donors (Lipinski definition) is 4. The first kappa shape index (κ1) is 35.0. The van der Waals surface area contributed by atoms with Crippen LogP contribution < -0.4 is 25.4 Å². The summed E-state index contributed by atoms with van der Waals surface area (Å²) >= 11 is 0. The van der Waals surface area contributed by atoms with E-state index in [0.717, 1.165) is 27.7 Å². The number of primary amides is 1. The van der Waals surface area contributed by atoms with Crippen LogP contribution in [0.15, 0.2) is 77.8 Å². The highest BCUT2D eigenvalue weighted by Crippen LogP contribution is 2.31. The molecule has 3 aromatic carbocycles. The number of rotatable bonds is 10. The van der Waals surface area contributed by atoms with Gasteiger partial charge in [0.1, 0.15) is 11.8 Å². The number of hydrogen-bond acceptors (Lipinski definition) is 7. The van der Waals surface area contributed by atoms with Gasteiger partial charge in [-0.25, -0.2) is 8.42 Å². The molecule has 1 atom stereocenters. The van der Waals surface area contributed by atoms with Crippen molar-refractivity contribution in [1.29, 1.82) is 0 Å². The number of piperazine rings is 1. The van der Waals surface area contributed by atoms with Gasteiger partial charge in [-0.15, -0.1) is 0 Å². The standard InChI is InChI=1S/C31H35N5O5S.C3H7NO/c1-21-8-11-25(12-9-21)42(39,40)34-29(18-23-20-32-27-7-5-4-6-26(23)27)31(38)33-28-13-10-24(19-30(28)41-3)36-16-14-35(15-17-36)22(2)37;1-2-3(4)5/h4-13,19-20,29,32,34H,14-18H2,1-3H3,(H,33,38);2H2,1H3,(H2,4,5)/t29-;/m0./s1. The minimum Gasteiger partial charge on any atom is -0.494 e. The number of carbonyl (C=O) groups is 3. The third kappa shape index (κ3) is 9.11. The molecule has 13 heteroatoms. The van der Waals surface area contributed by atoms with Gasteiger partial charge in [0.25, 0.3) is 0 Å². The summed E-state index contributed by atoms with van der Waals surface area (Å²) in [6.07, 6.45) is 2.37. The van der Waals surface area contributed by atoms with Crippen LogP contribution in [0.1, 0.15) is 31.4 Å². The van der Waals surface area contributed by atoms with Crippen LogP contribution in [0.5, 0.6) is 5.75 Å². The van der Waals surface area contributed by atoms with E-state index in [9.17, 15) is 22.8 Å². The molecule has 5 N–H and O–H groups in total. The Morgan fingerprint density at radius 1 is 1.00 bits per heavy atom. The van der Waals surface area contributed by atoms with Crippen molar-refractivity contribution in [1.82, 2.24) is 14.6 Å². The van der Waals surface area contributed by atoms with Gasteiger partial charge in [0.05, 0.1) is 17.7 Å². The van der Waals surface area contributed by atoms with E-state index in [0.29, 0.717) is 44.0 Å². The van der Waals surface area contributed by atoms with Gasteiger partial charge < -0.3 is 30.6 Å². The quantitative estimate of drug-likeness (QED) is 0.201. The molecular weight excluding hydrogens is 620 g/mol. The third-order valence-corrected chi connectivity index (χ3v) is 9.41. The lowest BCUT2D eigenvalue weighted by atomic mass is 10.0. The van der Waals surface area contributed by atoms with E-state index >= 15 is 0 Å². The minimum absolute atomic E-state index is 0.0606. The maximum Gasteiger partial charge on any atom is 0.243 e. The fourth-order valence-electron chi connectivity index (χ4n) is 5.16. The van der Waals surface area contributed by atoms with Crippen LogP contribution in [-0.2, 0) is 30.8 Å². The molecule has 0 saturated carbocycles. The predicted molar refractivity (Wildman–Crippen MR) is 183 cm³/mol. The van der Waals surface area contributed by atoms with E-state index in [1.807, 2.05) is 48.2 Å². The molecule has 1 aliphatic rings. The zero-order chi connectivity index (χ0) is 34.1. The van der Waals surface area contributed by atoms with Crippen LogP contribution >= 0.6 is 0 Å². The van der Waals surface area contributed by atoms with Gasteiger partial charge in [-0.1, -0.05) is 42.8 Å². The Morgan fingerprint density at radius 2 is 1.66 bits per heavy atom. The van der Waals surface area contributed by atoms with Crippen molar-refractivity contribution in [2.24, 2.45) is 5.73 Å². The number of H-pyrrole nitrogens is 1. The maximum atomic E-state index is 13.7. The summed E-state index contributed by atoms with van der Waals surface area (Å²) in [6.45, 7) is 7.80. The minimum atomic E-state index is -4.00. The van der Waals surface area contributed by atoms with Gasteiger partial charge in [-0.3, -0.25) is 14.4 Å². The molecule has 1 aromatic heterocycles. The number of methoxy groups -OCH3 is 1. The number of amides is 3. The molecule has 0 aliphatic carbocycles. The molecule has 2 heterocycles. The summed E-state index contributed by atoms with van der Waals surface area (Å²) in [4.78, 5) is 42.3. The first-order valence-electron chi connectivity index (χ1n) is 15.3. The number of aromatic nitrogens is 1. The molecule has 47 heavy (non-hydrogen) atoms. The van der Waals surface area contributed by atoms with Crippen molar-refractivity contribution in [3.05, 3.63) is 84.1 Å². The SMILES string of the molecule is CCC(N)=O.COc1cc(N2CCN(C(C)=O)CC2)ccc1NC(=O)[C@H](Cc1c[nH]c2ccccc12)NS(=O)(=O)c1ccc(C)cc1. The first-order valence-corrected chi connectivity index (χ1v) is 16.8. The molecule has 1 fully saturated rings. The van der Waals surface area contributed by atoms with E-state index in [4.69, 9.17) is 4.74 Å². The summed E-state index contributed by atoms with van der Waals surface area (Å²) in [5.41, 5.74) is 8.62. The van der Waals surface area contributed by atoms with Gasteiger partial charge in [0.2, 0.25) is 27.7 Å². The second kappa shape index (κ2) is 15.6. The fraction of sp³-hybridized carbons (Fsp3) is 0.324. The molecule has 0 bridgehead atoms. The number of nitrogens with zero attached hydrogens (tertiary/aromatic N) is 2. The van der Waals surface area contributed by atoms with Crippen LogP contribution in [0, 0.1) is 6.92 Å². The van der Waals surface area contributed by atoms with E-state index in [2.05, 4.69) is 25.7 Å². The van der Waals surface area contributed by atoms with Crippen molar-refractivity contribution in [2.45, 2.75) is 44.6 Å². The van der Waals surface area contributed by atoms with E-state index in [1.165, 1.54) is 19.2 Å². The summed E-state index contributed by atoms with van der Waals surface area (Å²) in [7, 11) is -2.48. The maximum absolute atomic E-state index is 13.7.